The van der Waals surface area contributed by atoms with Crippen LogP contribution in [0.3, 0.4) is 0 Å². The summed E-state index contributed by atoms with van der Waals surface area (Å²) < 4.78 is 9.97. The lowest BCUT2D eigenvalue weighted by atomic mass is 10.1. The second kappa shape index (κ2) is 4.29. The first-order chi connectivity index (χ1) is 8.10. The summed E-state index contributed by atoms with van der Waals surface area (Å²) in [6.07, 6.45) is -0.570. The van der Waals surface area contributed by atoms with Crippen LogP contribution in [0.2, 0.25) is 0 Å². The molecule has 1 aromatic heterocycles. The highest BCUT2D eigenvalue weighted by Gasteiger charge is 2.06. The molecule has 88 valence electrons. The number of hydrogen-bond acceptors (Lipinski definition) is 4. The van der Waals surface area contributed by atoms with E-state index in [1.54, 1.807) is 12.1 Å². The van der Waals surface area contributed by atoms with Gasteiger partial charge < -0.3 is 14.5 Å². The Hall–Kier alpha value is -2.30. The zero-order valence-corrected chi connectivity index (χ0v) is 9.44. The van der Waals surface area contributed by atoms with Gasteiger partial charge in [0, 0.05) is 24.6 Å². The molecule has 5 heteroatoms. The van der Waals surface area contributed by atoms with Crippen molar-refractivity contribution < 1.29 is 13.9 Å². The summed E-state index contributed by atoms with van der Waals surface area (Å²) in [6, 6.07) is 6.32. The maximum absolute atomic E-state index is 11.2. The molecule has 1 amide bonds. The van der Waals surface area contributed by atoms with Crippen molar-refractivity contribution in [1.82, 2.24) is 5.32 Å². The number of ether oxygens (including phenoxy) is 1. The molecule has 0 atom stereocenters. The highest BCUT2D eigenvalue weighted by molar-refractivity contribution is 5.82. The second-order valence-corrected chi connectivity index (χ2v) is 3.55. The standard InChI is InChI=1S/C12H11NO4/c1-7-5-11(14)17-10-6-8(3-4-9(7)10)16-12(15)13-2/h3-6H,1-2H3,(H,13,15). The summed E-state index contributed by atoms with van der Waals surface area (Å²) >= 11 is 0. The first kappa shape index (κ1) is 11.2. The molecule has 1 heterocycles. The zero-order valence-electron chi connectivity index (χ0n) is 9.44. The number of aryl methyl sites for hydroxylation is 1. The summed E-state index contributed by atoms with van der Waals surface area (Å²) in [6.45, 7) is 1.82. The predicted molar refractivity (Wildman–Crippen MR) is 62.3 cm³/mol. The van der Waals surface area contributed by atoms with Crippen LogP contribution in [-0.2, 0) is 0 Å². The van der Waals surface area contributed by atoms with E-state index >= 15 is 0 Å². The SMILES string of the molecule is CNC(=O)Oc1ccc2c(C)cc(=O)oc2c1. The minimum absolute atomic E-state index is 0.325. The number of carbonyl (C=O) groups excluding carboxylic acids is 1. The van der Waals surface area contributed by atoms with E-state index in [1.807, 2.05) is 6.92 Å². The lowest BCUT2D eigenvalue weighted by molar-refractivity contribution is 0.203. The Balaban J connectivity index is 2.50. The number of benzene rings is 1. The van der Waals surface area contributed by atoms with Crippen molar-refractivity contribution in [2.75, 3.05) is 7.05 Å². The molecule has 1 N–H and O–H groups in total. The third kappa shape index (κ3) is 2.28. The molecule has 0 aliphatic carbocycles. The van der Waals surface area contributed by atoms with E-state index in [-0.39, 0.29) is 0 Å². The predicted octanol–water partition coefficient (Wildman–Crippen LogP) is 1.82. The van der Waals surface area contributed by atoms with E-state index in [1.165, 1.54) is 19.2 Å². The molecule has 0 aliphatic rings. The van der Waals surface area contributed by atoms with Crippen molar-refractivity contribution in [2.45, 2.75) is 6.92 Å². The average molecular weight is 233 g/mol. The van der Waals surface area contributed by atoms with E-state index in [2.05, 4.69) is 5.32 Å². The number of fused-ring (bicyclic) bond motifs is 1. The van der Waals surface area contributed by atoms with Gasteiger partial charge in [-0.2, -0.15) is 0 Å². The van der Waals surface area contributed by atoms with Gasteiger partial charge in [0.25, 0.3) is 0 Å². The van der Waals surface area contributed by atoms with Crippen LogP contribution in [0.25, 0.3) is 11.0 Å². The fraction of sp³-hybridized carbons (Fsp3) is 0.167. The van der Waals surface area contributed by atoms with Crippen LogP contribution in [0.4, 0.5) is 4.79 Å². The highest BCUT2D eigenvalue weighted by atomic mass is 16.6. The van der Waals surface area contributed by atoms with Crippen molar-refractivity contribution in [2.24, 2.45) is 0 Å². The molecule has 0 radical (unpaired) electrons. The van der Waals surface area contributed by atoms with E-state index in [0.29, 0.717) is 11.3 Å². The van der Waals surface area contributed by atoms with Crippen molar-refractivity contribution in [1.29, 1.82) is 0 Å². The Morgan fingerprint density at radius 3 is 2.82 bits per heavy atom. The minimum atomic E-state index is -0.570. The molecule has 0 aliphatic heterocycles. The topological polar surface area (TPSA) is 68.5 Å². The average Bonchev–Trinajstić information content (AvgIpc) is 2.28. The van der Waals surface area contributed by atoms with Gasteiger partial charge >= 0.3 is 11.7 Å². The Bertz CT molecular complexity index is 630. The number of amides is 1. The molecular weight excluding hydrogens is 222 g/mol. The lowest BCUT2D eigenvalue weighted by Gasteiger charge is -2.05. The highest BCUT2D eigenvalue weighted by Crippen LogP contribution is 2.22. The molecule has 2 aromatic rings. The van der Waals surface area contributed by atoms with Crippen molar-refractivity contribution in [3.05, 3.63) is 40.2 Å². The Morgan fingerprint density at radius 2 is 2.12 bits per heavy atom. The number of rotatable bonds is 1. The van der Waals surface area contributed by atoms with E-state index in [0.717, 1.165) is 10.9 Å². The van der Waals surface area contributed by atoms with Crippen LogP contribution in [0.1, 0.15) is 5.56 Å². The van der Waals surface area contributed by atoms with Gasteiger partial charge in [0.1, 0.15) is 11.3 Å². The Labute approximate surface area is 97.0 Å². The third-order valence-corrected chi connectivity index (χ3v) is 2.34. The fourth-order valence-electron chi connectivity index (χ4n) is 1.53. The lowest BCUT2D eigenvalue weighted by Crippen LogP contribution is -2.21. The van der Waals surface area contributed by atoms with Crippen LogP contribution >= 0.6 is 0 Å². The second-order valence-electron chi connectivity index (χ2n) is 3.55. The summed E-state index contributed by atoms with van der Waals surface area (Å²) in [7, 11) is 1.47. The van der Waals surface area contributed by atoms with Gasteiger partial charge in [-0.1, -0.05) is 0 Å². The largest absolute Gasteiger partial charge is 0.423 e. The molecule has 17 heavy (non-hydrogen) atoms. The zero-order chi connectivity index (χ0) is 12.4. The maximum Gasteiger partial charge on any atom is 0.412 e. The van der Waals surface area contributed by atoms with E-state index in [9.17, 15) is 9.59 Å². The van der Waals surface area contributed by atoms with Crippen molar-refractivity contribution in [3.63, 3.8) is 0 Å². The quantitative estimate of drug-likeness (QED) is 0.763. The van der Waals surface area contributed by atoms with Gasteiger partial charge in [-0.3, -0.25) is 0 Å². The number of carbonyl (C=O) groups is 1. The monoisotopic (exact) mass is 233 g/mol. The molecule has 0 unspecified atom stereocenters. The van der Waals surface area contributed by atoms with Crippen LogP contribution in [0, 0.1) is 6.92 Å². The van der Waals surface area contributed by atoms with Gasteiger partial charge in [-0.15, -0.1) is 0 Å². The van der Waals surface area contributed by atoms with Gasteiger partial charge in [0.05, 0.1) is 0 Å². The first-order valence-electron chi connectivity index (χ1n) is 5.04. The van der Waals surface area contributed by atoms with Crippen LogP contribution < -0.4 is 15.7 Å². The Morgan fingerprint density at radius 1 is 1.35 bits per heavy atom. The summed E-state index contributed by atoms with van der Waals surface area (Å²) in [4.78, 5) is 22.2. The molecule has 0 saturated heterocycles. The number of nitrogens with one attached hydrogen (secondary N) is 1. The molecule has 0 bridgehead atoms. The van der Waals surface area contributed by atoms with Crippen LogP contribution in [0.5, 0.6) is 5.75 Å². The van der Waals surface area contributed by atoms with Gasteiger partial charge in [-0.05, 0) is 24.6 Å². The fourth-order valence-corrected chi connectivity index (χ4v) is 1.53. The molecule has 1 aromatic carbocycles. The summed E-state index contributed by atoms with van der Waals surface area (Å²) in [5.74, 6) is 0.325. The third-order valence-electron chi connectivity index (χ3n) is 2.34. The maximum atomic E-state index is 11.2. The van der Waals surface area contributed by atoms with Crippen molar-refractivity contribution >= 4 is 17.1 Å². The molecule has 0 saturated carbocycles. The molecule has 0 fully saturated rings. The van der Waals surface area contributed by atoms with E-state index < -0.39 is 11.7 Å². The normalized spacial score (nSPS) is 10.2. The van der Waals surface area contributed by atoms with Gasteiger partial charge in [-0.25, -0.2) is 9.59 Å². The summed E-state index contributed by atoms with van der Waals surface area (Å²) in [5, 5.41) is 3.14. The van der Waals surface area contributed by atoms with Gasteiger partial charge in [0.2, 0.25) is 0 Å². The Kier molecular flexibility index (Phi) is 2.82. The molecule has 2 rings (SSSR count). The van der Waals surface area contributed by atoms with Crippen molar-refractivity contribution in [3.8, 4) is 5.75 Å². The van der Waals surface area contributed by atoms with E-state index in [4.69, 9.17) is 9.15 Å². The smallest absolute Gasteiger partial charge is 0.412 e. The molecule has 0 spiro atoms. The molecule has 5 nitrogen and oxygen atoms in total. The first-order valence-corrected chi connectivity index (χ1v) is 5.04. The summed E-state index contributed by atoms with van der Waals surface area (Å²) in [5.41, 5.74) is 0.797. The molecular formula is C12H11NO4. The van der Waals surface area contributed by atoms with Gasteiger partial charge in [0.15, 0.2) is 0 Å². The van der Waals surface area contributed by atoms with Crippen LogP contribution in [0.15, 0.2) is 33.5 Å². The number of hydrogen-bond donors (Lipinski definition) is 1. The minimum Gasteiger partial charge on any atom is -0.423 e. The van der Waals surface area contributed by atoms with Crippen LogP contribution in [-0.4, -0.2) is 13.1 Å².